The topological polar surface area (TPSA) is 121 Å². The fourth-order valence-corrected chi connectivity index (χ4v) is 3.58. The first-order valence-electron chi connectivity index (χ1n) is 16.9. The summed E-state index contributed by atoms with van der Waals surface area (Å²) in [7, 11) is 1.64. The molecule has 0 aromatic heterocycles. The zero-order valence-electron chi connectivity index (χ0n) is 29.1. The lowest BCUT2D eigenvalue weighted by molar-refractivity contribution is -0.0253. The SMILES string of the molecule is CCCCNc1ccc(C(=O)OCCOCCOCCOCCOCCOCCOCCOCCOCCOC)cc1.c1ccccc1. The summed E-state index contributed by atoms with van der Waals surface area (Å²) >= 11 is 0. The Morgan fingerprint density at radius 2 is 0.833 bits per heavy atom. The maximum Gasteiger partial charge on any atom is 0.338 e. The van der Waals surface area contributed by atoms with E-state index in [9.17, 15) is 4.79 Å². The van der Waals surface area contributed by atoms with Crippen LogP contribution in [0.3, 0.4) is 0 Å². The van der Waals surface area contributed by atoms with E-state index in [1.807, 2.05) is 48.5 Å². The molecule has 0 radical (unpaired) electrons. The molecule has 2 aromatic carbocycles. The van der Waals surface area contributed by atoms with Crippen molar-refractivity contribution in [2.45, 2.75) is 19.8 Å². The molecule has 0 atom stereocenters. The van der Waals surface area contributed by atoms with Gasteiger partial charge in [-0.1, -0.05) is 49.7 Å². The third kappa shape index (κ3) is 29.5. The van der Waals surface area contributed by atoms with Crippen LogP contribution in [0.5, 0.6) is 0 Å². The van der Waals surface area contributed by atoms with E-state index in [1.54, 1.807) is 19.2 Å². The molecule has 0 aliphatic carbocycles. The van der Waals surface area contributed by atoms with Crippen molar-refractivity contribution in [3.63, 3.8) is 0 Å². The number of carbonyl (C=O) groups is 1. The van der Waals surface area contributed by atoms with Crippen molar-refractivity contribution < 1.29 is 52.2 Å². The van der Waals surface area contributed by atoms with Gasteiger partial charge in [-0.25, -0.2) is 4.79 Å². The van der Waals surface area contributed by atoms with Gasteiger partial charge in [0.1, 0.15) is 6.61 Å². The van der Waals surface area contributed by atoms with Gasteiger partial charge >= 0.3 is 5.97 Å². The summed E-state index contributed by atoms with van der Waals surface area (Å²) in [5.41, 5.74) is 1.52. The molecule has 12 nitrogen and oxygen atoms in total. The molecular weight excluding hydrogens is 622 g/mol. The molecule has 2 aromatic rings. The maximum atomic E-state index is 12.1. The van der Waals surface area contributed by atoms with E-state index in [-0.39, 0.29) is 12.6 Å². The summed E-state index contributed by atoms with van der Waals surface area (Å²) in [5.74, 6) is -0.358. The third-order valence-corrected chi connectivity index (χ3v) is 6.14. The average Bonchev–Trinajstić information content (AvgIpc) is 3.12. The Bertz CT molecular complexity index is 895. The van der Waals surface area contributed by atoms with Crippen LogP contribution in [0.15, 0.2) is 60.7 Å². The molecule has 0 saturated carbocycles. The van der Waals surface area contributed by atoms with Crippen LogP contribution in [-0.2, 0) is 47.4 Å². The first-order chi connectivity index (χ1) is 23.8. The van der Waals surface area contributed by atoms with Gasteiger partial charge in [-0.3, -0.25) is 0 Å². The minimum Gasteiger partial charge on any atom is -0.460 e. The van der Waals surface area contributed by atoms with Crippen LogP contribution in [0, 0.1) is 0 Å². The van der Waals surface area contributed by atoms with E-state index in [2.05, 4.69) is 12.2 Å². The van der Waals surface area contributed by atoms with Gasteiger partial charge in [0.25, 0.3) is 0 Å². The maximum absolute atomic E-state index is 12.1. The van der Waals surface area contributed by atoms with Crippen molar-refractivity contribution >= 4 is 11.7 Å². The van der Waals surface area contributed by atoms with Crippen molar-refractivity contribution in [3.8, 4) is 0 Å². The van der Waals surface area contributed by atoms with E-state index in [0.717, 1.165) is 25.1 Å². The number of esters is 1. The molecule has 0 bridgehead atoms. The lowest BCUT2D eigenvalue weighted by atomic mass is 10.2. The molecule has 12 heteroatoms. The number of benzene rings is 2. The lowest BCUT2D eigenvalue weighted by Gasteiger charge is -2.09. The van der Waals surface area contributed by atoms with Crippen LogP contribution in [0.4, 0.5) is 5.69 Å². The second kappa shape index (κ2) is 35.7. The van der Waals surface area contributed by atoms with Crippen LogP contribution in [0.25, 0.3) is 0 Å². The predicted molar refractivity (Wildman–Crippen MR) is 185 cm³/mol. The van der Waals surface area contributed by atoms with E-state index in [0.29, 0.717) is 118 Å². The highest BCUT2D eigenvalue weighted by molar-refractivity contribution is 5.89. The van der Waals surface area contributed by atoms with Crippen molar-refractivity contribution in [2.24, 2.45) is 0 Å². The zero-order valence-corrected chi connectivity index (χ0v) is 29.1. The Morgan fingerprint density at radius 3 is 1.17 bits per heavy atom. The number of hydrogen-bond donors (Lipinski definition) is 1. The summed E-state index contributed by atoms with van der Waals surface area (Å²) in [5, 5.41) is 3.32. The second-order valence-corrected chi connectivity index (χ2v) is 10.0. The number of carbonyl (C=O) groups excluding carboxylic acids is 1. The third-order valence-electron chi connectivity index (χ3n) is 6.14. The molecule has 0 aliphatic heterocycles. The van der Waals surface area contributed by atoms with Crippen LogP contribution in [0.1, 0.15) is 30.1 Å². The molecule has 0 amide bonds. The zero-order chi connectivity index (χ0) is 34.4. The standard InChI is InChI=1S/C30H53NO11.C6H6/c1-3-4-9-31-29-7-5-28(6-8-29)30(32)42-27-26-41-25-24-40-23-22-39-21-20-38-19-18-37-17-16-36-15-14-35-13-12-34-11-10-33-2;1-2-4-6-5-3-1/h5-8,31H,3-4,9-27H2,1-2H3;1-6H. The van der Waals surface area contributed by atoms with Crippen molar-refractivity contribution in [3.05, 3.63) is 66.2 Å². The van der Waals surface area contributed by atoms with E-state index >= 15 is 0 Å². The number of rotatable bonds is 32. The van der Waals surface area contributed by atoms with E-state index in [1.165, 1.54) is 0 Å². The first kappa shape index (κ1) is 43.4. The van der Waals surface area contributed by atoms with E-state index < -0.39 is 0 Å². The normalized spacial score (nSPS) is 10.8. The van der Waals surface area contributed by atoms with Gasteiger partial charge in [0.05, 0.1) is 118 Å². The van der Waals surface area contributed by atoms with Gasteiger partial charge in [0.2, 0.25) is 0 Å². The van der Waals surface area contributed by atoms with Crippen molar-refractivity contribution in [1.29, 1.82) is 0 Å². The van der Waals surface area contributed by atoms with Gasteiger partial charge in [-0.15, -0.1) is 0 Å². The number of anilines is 1. The molecule has 0 spiro atoms. The molecule has 274 valence electrons. The fraction of sp³-hybridized carbons (Fsp3) is 0.639. The van der Waals surface area contributed by atoms with Gasteiger partial charge in [-0.05, 0) is 30.7 Å². The smallest absolute Gasteiger partial charge is 0.338 e. The Morgan fingerprint density at radius 1 is 0.500 bits per heavy atom. The predicted octanol–water partition coefficient (Wildman–Crippen LogP) is 4.52. The van der Waals surface area contributed by atoms with Gasteiger partial charge in [0.15, 0.2) is 0 Å². The highest BCUT2D eigenvalue weighted by Gasteiger charge is 2.06. The number of unbranched alkanes of at least 4 members (excludes halogenated alkanes) is 1. The molecule has 1 N–H and O–H groups in total. The monoisotopic (exact) mass is 681 g/mol. The molecule has 2 rings (SSSR count). The van der Waals surface area contributed by atoms with Crippen LogP contribution in [0.2, 0.25) is 0 Å². The summed E-state index contributed by atoms with van der Waals surface area (Å²) in [4.78, 5) is 12.1. The minimum absolute atomic E-state index is 0.194. The summed E-state index contributed by atoms with van der Waals surface area (Å²) in [6.45, 7) is 11.7. The average molecular weight is 682 g/mol. The van der Waals surface area contributed by atoms with Crippen LogP contribution < -0.4 is 5.32 Å². The quantitative estimate of drug-likeness (QED) is 0.0864. The number of hydrogen-bond acceptors (Lipinski definition) is 12. The molecule has 0 fully saturated rings. The Hall–Kier alpha value is -2.65. The summed E-state index contributed by atoms with van der Waals surface area (Å²) in [6.07, 6.45) is 2.25. The van der Waals surface area contributed by atoms with Crippen molar-refractivity contribution in [2.75, 3.05) is 138 Å². The highest BCUT2D eigenvalue weighted by atomic mass is 16.6. The fourth-order valence-electron chi connectivity index (χ4n) is 3.58. The van der Waals surface area contributed by atoms with Crippen molar-refractivity contribution in [1.82, 2.24) is 0 Å². The van der Waals surface area contributed by atoms with Crippen LogP contribution in [-0.4, -0.2) is 139 Å². The number of ether oxygens (including phenoxy) is 10. The Balaban J connectivity index is 0.00000171. The first-order valence-corrected chi connectivity index (χ1v) is 16.9. The largest absolute Gasteiger partial charge is 0.460 e. The van der Waals surface area contributed by atoms with Crippen LogP contribution >= 0.6 is 0 Å². The van der Waals surface area contributed by atoms with Gasteiger partial charge < -0.3 is 52.7 Å². The van der Waals surface area contributed by atoms with E-state index in [4.69, 9.17) is 47.4 Å². The molecule has 48 heavy (non-hydrogen) atoms. The van der Waals surface area contributed by atoms with Gasteiger partial charge in [0, 0.05) is 19.3 Å². The molecule has 0 unspecified atom stereocenters. The number of nitrogens with one attached hydrogen (secondary N) is 1. The molecule has 0 saturated heterocycles. The lowest BCUT2D eigenvalue weighted by Crippen LogP contribution is -2.15. The molecular formula is C36H59NO11. The summed E-state index contributed by atoms with van der Waals surface area (Å²) in [6, 6.07) is 19.3. The Labute approximate surface area is 287 Å². The molecule has 0 aliphatic rings. The highest BCUT2D eigenvalue weighted by Crippen LogP contribution is 2.10. The summed E-state index contributed by atoms with van der Waals surface area (Å²) < 4.78 is 53.5. The molecule has 0 heterocycles. The minimum atomic E-state index is -0.358. The Kier molecular flexibility index (Phi) is 32.2. The van der Waals surface area contributed by atoms with Gasteiger partial charge in [-0.2, -0.15) is 0 Å². The second-order valence-electron chi connectivity index (χ2n) is 10.0. The number of methoxy groups -OCH3 is 1.